The summed E-state index contributed by atoms with van der Waals surface area (Å²) in [5.41, 5.74) is 0.310. The van der Waals surface area contributed by atoms with Crippen molar-refractivity contribution in [2.24, 2.45) is 0 Å². The predicted molar refractivity (Wildman–Crippen MR) is 76.9 cm³/mol. The molecule has 1 N–H and O–H groups in total. The van der Waals surface area contributed by atoms with E-state index < -0.39 is 5.82 Å². The Morgan fingerprint density at radius 2 is 2.24 bits per heavy atom. The van der Waals surface area contributed by atoms with Crippen LogP contribution in [0.25, 0.3) is 0 Å². The van der Waals surface area contributed by atoms with Crippen LogP contribution in [-0.4, -0.2) is 21.7 Å². The molecule has 0 saturated heterocycles. The van der Waals surface area contributed by atoms with Crippen molar-refractivity contribution in [3.8, 4) is 5.75 Å². The van der Waals surface area contributed by atoms with Crippen LogP contribution in [0, 0.1) is 5.82 Å². The van der Waals surface area contributed by atoms with Crippen LogP contribution in [0.4, 0.5) is 4.39 Å². The van der Waals surface area contributed by atoms with E-state index in [0.29, 0.717) is 11.4 Å². The maximum Gasteiger partial charge on any atom is 0.271 e. The van der Waals surface area contributed by atoms with Gasteiger partial charge in [-0.15, -0.1) is 0 Å². The average molecular weight is 312 g/mol. The number of carbonyl (C=O) groups is 1. The molecule has 0 unspecified atom stereocenters. The zero-order chi connectivity index (χ0) is 15.4. The summed E-state index contributed by atoms with van der Waals surface area (Å²) in [4.78, 5) is 11.7. The number of hydrogen-bond acceptors (Lipinski definition) is 3. The molecule has 1 aromatic heterocycles. The lowest BCUT2D eigenvalue weighted by Gasteiger charge is -2.07. The van der Waals surface area contributed by atoms with Crippen molar-refractivity contribution >= 4 is 17.5 Å². The van der Waals surface area contributed by atoms with Gasteiger partial charge in [-0.05, 0) is 32.0 Å². The maximum atomic E-state index is 13.0. The molecule has 0 saturated carbocycles. The maximum absolute atomic E-state index is 13.0. The second-order valence-corrected chi connectivity index (χ2v) is 5.13. The van der Waals surface area contributed by atoms with Crippen LogP contribution in [-0.2, 0) is 6.73 Å². The van der Waals surface area contributed by atoms with Crippen molar-refractivity contribution in [2.75, 3.05) is 0 Å². The Labute approximate surface area is 126 Å². The van der Waals surface area contributed by atoms with Gasteiger partial charge in [-0.2, -0.15) is 5.10 Å². The molecule has 2 rings (SSSR count). The van der Waals surface area contributed by atoms with E-state index in [4.69, 9.17) is 16.3 Å². The highest BCUT2D eigenvalue weighted by atomic mass is 35.5. The van der Waals surface area contributed by atoms with Gasteiger partial charge in [-0.1, -0.05) is 11.6 Å². The topological polar surface area (TPSA) is 56.2 Å². The monoisotopic (exact) mass is 311 g/mol. The van der Waals surface area contributed by atoms with Crippen LogP contribution in [0.5, 0.6) is 5.75 Å². The Bertz CT molecular complexity index is 643. The molecule has 0 aliphatic carbocycles. The molecule has 0 atom stereocenters. The minimum absolute atomic E-state index is 0.00929. The molecule has 112 valence electrons. The highest BCUT2D eigenvalue weighted by Crippen LogP contribution is 2.21. The van der Waals surface area contributed by atoms with Crippen LogP contribution in [0.15, 0.2) is 30.5 Å². The van der Waals surface area contributed by atoms with E-state index in [1.165, 1.54) is 22.9 Å². The van der Waals surface area contributed by atoms with Crippen LogP contribution < -0.4 is 10.1 Å². The third-order valence-corrected chi connectivity index (χ3v) is 2.84. The van der Waals surface area contributed by atoms with Gasteiger partial charge in [0, 0.05) is 18.3 Å². The molecule has 0 aliphatic heterocycles. The third-order valence-electron chi connectivity index (χ3n) is 2.55. The van der Waals surface area contributed by atoms with Crippen LogP contribution >= 0.6 is 11.6 Å². The summed E-state index contributed by atoms with van der Waals surface area (Å²) < 4.78 is 19.9. The largest absolute Gasteiger partial charge is 0.471 e. The zero-order valence-electron chi connectivity index (χ0n) is 11.6. The molecule has 0 spiro atoms. The van der Waals surface area contributed by atoms with Gasteiger partial charge in [-0.3, -0.25) is 4.79 Å². The Kier molecular flexibility index (Phi) is 4.80. The number of rotatable bonds is 5. The number of nitrogens with one attached hydrogen (secondary N) is 1. The number of ether oxygens (including phenoxy) is 1. The summed E-state index contributed by atoms with van der Waals surface area (Å²) in [5, 5.41) is 6.83. The van der Waals surface area contributed by atoms with Crippen molar-refractivity contribution in [3.05, 3.63) is 47.0 Å². The minimum Gasteiger partial charge on any atom is -0.471 e. The van der Waals surface area contributed by atoms with E-state index in [-0.39, 0.29) is 23.7 Å². The number of benzene rings is 1. The van der Waals surface area contributed by atoms with Crippen LogP contribution in [0.3, 0.4) is 0 Å². The van der Waals surface area contributed by atoms with Gasteiger partial charge in [-0.25, -0.2) is 9.07 Å². The van der Waals surface area contributed by atoms with Gasteiger partial charge >= 0.3 is 0 Å². The van der Waals surface area contributed by atoms with Crippen molar-refractivity contribution in [2.45, 2.75) is 26.6 Å². The van der Waals surface area contributed by atoms with Gasteiger partial charge in [0.1, 0.15) is 17.3 Å². The van der Waals surface area contributed by atoms with E-state index in [1.807, 2.05) is 13.8 Å². The van der Waals surface area contributed by atoms with Crippen LogP contribution in [0.1, 0.15) is 24.3 Å². The highest BCUT2D eigenvalue weighted by molar-refractivity contribution is 6.30. The zero-order valence-corrected chi connectivity index (χ0v) is 12.4. The van der Waals surface area contributed by atoms with Gasteiger partial charge in [0.05, 0.1) is 5.02 Å². The highest BCUT2D eigenvalue weighted by Gasteiger charge is 2.10. The summed E-state index contributed by atoms with van der Waals surface area (Å²) in [6.45, 7) is 3.84. The normalized spacial score (nSPS) is 10.7. The lowest BCUT2D eigenvalue weighted by Crippen LogP contribution is -2.30. The van der Waals surface area contributed by atoms with Crippen molar-refractivity contribution in [1.82, 2.24) is 15.1 Å². The number of nitrogens with zero attached hydrogens (tertiary/aromatic N) is 2. The number of amides is 1. The Morgan fingerprint density at radius 1 is 1.48 bits per heavy atom. The van der Waals surface area contributed by atoms with E-state index in [0.717, 1.165) is 0 Å². The molecule has 21 heavy (non-hydrogen) atoms. The molecule has 0 radical (unpaired) electrons. The molecule has 1 amide bonds. The molecule has 0 aliphatic rings. The van der Waals surface area contributed by atoms with Crippen molar-refractivity contribution < 1.29 is 13.9 Å². The second kappa shape index (κ2) is 6.58. The number of halogens is 2. The third kappa shape index (κ3) is 4.19. The number of carbonyl (C=O) groups excluding carboxylic acids is 1. The molecule has 0 bridgehead atoms. The Morgan fingerprint density at radius 3 is 2.90 bits per heavy atom. The number of aromatic nitrogens is 2. The Hall–Kier alpha value is -2.08. The average Bonchev–Trinajstić information content (AvgIpc) is 2.88. The fraction of sp³-hybridized carbons (Fsp3) is 0.286. The first kappa shape index (κ1) is 15.3. The van der Waals surface area contributed by atoms with Crippen molar-refractivity contribution in [3.63, 3.8) is 0 Å². The quantitative estimate of drug-likeness (QED) is 0.923. The van der Waals surface area contributed by atoms with Gasteiger partial charge in [0.2, 0.25) is 0 Å². The lowest BCUT2D eigenvalue weighted by atomic mass is 10.3. The molecule has 1 aromatic carbocycles. The molecule has 7 heteroatoms. The summed E-state index contributed by atoms with van der Waals surface area (Å²) >= 11 is 5.66. The standard InChI is InChI=1S/C14H15ClFN3O2/c1-9(2)17-14(20)13-5-6-19(18-13)8-21-10-3-4-12(16)11(15)7-10/h3-7,9H,8H2,1-2H3,(H,17,20). The minimum atomic E-state index is -0.504. The predicted octanol–water partition coefficient (Wildman–Crippen LogP) is 2.85. The van der Waals surface area contributed by atoms with Crippen molar-refractivity contribution in [1.29, 1.82) is 0 Å². The van der Waals surface area contributed by atoms with Crippen LogP contribution in [0.2, 0.25) is 5.02 Å². The first-order chi connectivity index (χ1) is 9.95. The van der Waals surface area contributed by atoms with Gasteiger partial charge in [0.15, 0.2) is 6.73 Å². The molecule has 2 aromatic rings. The van der Waals surface area contributed by atoms with E-state index in [9.17, 15) is 9.18 Å². The first-order valence-corrected chi connectivity index (χ1v) is 6.75. The molecular weight excluding hydrogens is 297 g/mol. The second-order valence-electron chi connectivity index (χ2n) is 4.72. The van der Waals surface area contributed by atoms with Gasteiger partial charge in [0.25, 0.3) is 5.91 Å². The molecule has 1 heterocycles. The smallest absolute Gasteiger partial charge is 0.271 e. The fourth-order valence-electron chi connectivity index (χ4n) is 1.60. The van der Waals surface area contributed by atoms with E-state index in [1.54, 1.807) is 12.3 Å². The first-order valence-electron chi connectivity index (χ1n) is 6.38. The van der Waals surface area contributed by atoms with Gasteiger partial charge < -0.3 is 10.1 Å². The fourth-order valence-corrected chi connectivity index (χ4v) is 1.77. The summed E-state index contributed by atoms with van der Waals surface area (Å²) in [6, 6.07) is 5.71. The summed E-state index contributed by atoms with van der Waals surface area (Å²) in [5.74, 6) is -0.325. The lowest BCUT2D eigenvalue weighted by molar-refractivity contribution is 0.0936. The Balaban J connectivity index is 1.96. The SMILES string of the molecule is CC(C)NC(=O)c1ccn(COc2ccc(F)c(Cl)c2)n1. The molecular formula is C14H15ClFN3O2. The summed E-state index contributed by atoms with van der Waals surface area (Å²) in [6.07, 6.45) is 1.63. The summed E-state index contributed by atoms with van der Waals surface area (Å²) in [7, 11) is 0. The molecule has 0 fully saturated rings. The number of hydrogen-bond donors (Lipinski definition) is 1. The van der Waals surface area contributed by atoms with E-state index >= 15 is 0 Å². The molecule has 5 nitrogen and oxygen atoms in total. The van der Waals surface area contributed by atoms with E-state index in [2.05, 4.69) is 10.4 Å².